The number of azo groups is 2. The average molecular weight is 904 g/mol. The summed E-state index contributed by atoms with van der Waals surface area (Å²) in [7, 11) is -28.6. The number of phenolic OH excluding ortho intramolecular Hbond substituents is 1. The molecule has 30 heteroatoms. The number of nitrogens with two attached hydrogens (primary N) is 1. The molecule has 0 aliphatic heterocycles. The Morgan fingerprint density at radius 2 is 0.893 bits per heavy atom. The van der Waals surface area contributed by atoms with Crippen LogP contribution < -0.4 is 5.73 Å². The summed E-state index contributed by atoms with van der Waals surface area (Å²) < 4.78 is 187. The van der Waals surface area contributed by atoms with Gasteiger partial charge in [-0.1, -0.05) is 0 Å². The first-order chi connectivity index (χ1) is 25.6. The molecule has 0 aliphatic rings. The van der Waals surface area contributed by atoms with Crippen molar-refractivity contribution >= 4 is 99.9 Å². The molecule has 0 amide bonds. The minimum Gasteiger partial charge on any atom is -0.505 e. The highest BCUT2D eigenvalue weighted by atomic mass is 32.3. The molecule has 4 aromatic carbocycles. The molecule has 7 N–H and O–H groups in total. The lowest BCUT2D eigenvalue weighted by molar-refractivity contribution is 0.282. The smallest absolute Gasteiger partial charge is 0.397 e. The molecule has 0 saturated carbocycles. The quantitative estimate of drug-likeness (QED) is 0.0534. The number of anilines is 1. The van der Waals surface area contributed by atoms with Gasteiger partial charge in [0.05, 0.1) is 57.0 Å². The molecule has 0 unspecified atom stereocenters. The maximum atomic E-state index is 12.5. The summed E-state index contributed by atoms with van der Waals surface area (Å²) in [4.78, 5) is -2.93. The van der Waals surface area contributed by atoms with Gasteiger partial charge in [0, 0.05) is 0 Å². The van der Waals surface area contributed by atoms with E-state index < -0.39 is 129 Å². The van der Waals surface area contributed by atoms with Crippen molar-refractivity contribution in [2.75, 3.05) is 30.5 Å². The Kier molecular flexibility index (Phi) is 12.7. The largest absolute Gasteiger partial charge is 0.505 e. The van der Waals surface area contributed by atoms with Crippen molar-refractivity contribution in [3.8, 4) is 5.75 Å². The number of sulfone groups is 2. The fraction of sp³-hybridized carbons (Fsp3) is 0.154. The van der Waals surface area contributed by atoms with Gasteiger partial charge in [-0.15, -0.1) is 10.2 Å². The van der Waals surface area contributed by atoms with Crippen molar-refractivity contribution < 1.29 is 82.2 Å². The molecule has 0 bridgehead atoms. The van der Waals surface area contributed by atoms with E-state index in [1.54, 1.807) is 0 Å². The summed E-state index contributed by atoms with van der Waals surface area (Å²) in [6.45, 7) is -1.83. The van der Waals surface area contributed by atoms with Crippen LogP contribution in [0.2, 0.25) is 0 Å². The lowest BCUT2D eigenvalue weighted by atomic mass is 10.1. The number of nitrogen functional groups attached to an aromatic ring is 1. The molecule has 4 rings (SSSR count). The Bertz CT molecular complexity index is 2740. The van der Waals surface area contributed by atoms with Crippen molar-refractivity contribution in [1.82, 2.24) is 0 Å². The summed E-state index contributed by atoms with van der Waals surface area (Å²) in [6.07, 6.45) is 0. The fourth-order valence-electron chi connectivity index (χ4n) is 4.49. The number of rotatable bonds is 16. The molecule has 0 radical (unpaired) electrons. The van der Waals surface area contributed by atoms with E-state index in [-0.39, 0.29) is 21.2 Å². The maximum absolute atomic E-state index is 12.5. The van der Waals surface area contributed by atoms with Gasteiger partial charge in [0.15, 0.2) is 25.4 Å². The highest BCUT2D eigenvalue weighted by Crippen LogP contribution is 2.48. The zero-order valence-electron chi connectivity index (χ0n) is 27.4. The van der Waals surface area contributed by atoms with Gasteiger partial charge in [0.1, 0.15) is 21.2 Å². The molecule has 0 atom stereocenters. The van der Waals surface area contributed by atoms with Crippen molar-refractivity contribution in [3.63, 3.8) is 0 Å². The predicted octanol–water partition coefficient (Wildman–Crippen LogP) is 2.64. The molecule has 0 heterocycles. The minimum absolute atomic E-state index is 0.149. The van der Waals surface area contributed by atoms with E-state index >= 15 is 0 Å². The molecule has 24 nitrogen and oxygen atoms in total. The van der Waals surface area contributed by atoms with Crippen LogP contribution in [-0.4, -0.2) is 98.5 Å². The number of fused-ring (bicyclic) bond motifs is 1. The molecule has 0 aromatic heterocycles. The summed E-state index contributed by atoms with van der Waals surface area (Å²) >= 11 is 0. The van der Waals surface area contributed by atoms with Gasteiger partial charge in [-0.3, -0.25) is 18.2 Å². The molecule has 4 aromatic rings. The van der Waals surface area contributed by atoms with Crippen LogP contribution in [-0.2, 0) is 69.1 Å². The van der Waals surface area contributed by atoms with Crippen LogP contribution in [0.25, 0.3) is 10.8 Å². The van der Waals surface area contributed by atoms with E-state index in [1.165, 1.54) is 0 Å². The summed E-state index contributed by atoms with van der Waals surface area (Å²) in [5.41, 5.74) is 3.29. The van der Waals surface area contributed by atoms with Crippen LogP contribution in [0.3, 0.4) is 0 Å². The van der Waals surface area contributed by atoms with Crippen LogP contribution in [0.5, 0.6) is 5.75 Å². The van der Waals surface area contributed by atoms with Gasteiger partial charge in [0.2, 0.25) is 0 Å². The predicted molar refractivity (Wildman–Crippen MR) is 190 cm³/mol. The molecule has 0 spiro atoms. The first-order valence-corrected chi connectivity index (χ1v) is 23.3. The monoisotopic (exact) mass is 903 g/mol. The average Bonchev–Trinajstić information content (AvgIpc) is 3.05. The van der Waals surface area contributed by atoms with E-state index in [1.807, 2.05) is 0 Å². The molecule has 0 aliphatic carbocycles. The van der Waals surface area contributed by atoms with E-state index in [0.29, 0.717) is 12.1 Å². The topological polar surface area (TPSA) is 400 Å². The number of hydrogen-bond acceptors (Lipinski definition) is 20. The lowest BCUT2D eigenvalue weighted by Crippen LogP contribution is -2.15. The van der Waals surface area contributed by atoms with Gasteiger partial charge in [-0.2, -0.15) is 43.9 Å². The van der Waals surface area contributed by atoms with E-state index in [2.05, 4.69) is 28.8 Å². The highest BCUT2D eigenvalue weighted by Gasteiger charge is 2.28. The second kappa shape index (κ2) is 16.1. The maximum Gasteiger partial charge on any atom is 0.397 e. The lowest BCUT2D eigenvalue weighted by Gasteiger charge is -2.14. The van der Waals surface area contributed by atoms with Gasteiger partial charge in [0.25, 0.3) is 20.2 Å². The SMILES string of the molecule is Nc1c(/N=N/c2ccc(S(=O)(=O)CCOS(=O)(=O)O)cc2)c(S(=O)(=O)O)cc2cc(S(=O)(=O)O)c(/N=N/c3ccc(S(=O)(=O)CCOS(=O)(=O)O)cc3)c(O)c12. The number of aromatic hydroxyl groups is 1. The van der Waals surface area contributed by atoms with E-state index in [0.717, 1.165) is 48.5 Å². The normalized spacial score (nSPS) is 13.6. The highest BCUT2D eigenvalue weighted by molar-refractivity contribution is 7.91. The number of benzene rings is 4. The van der Waals surface area contributed by atoms with Crippen molar-refractivity contribution in [1.29, 1.82) is 0 Å². The Morgan fingerprint density at radius 1 is 0.536 bits per heavy atom. The number of hydrogen-bond donors (Lipinski definition) is 6. The van der Waals surface area contributed by atoms with Crippen LogP contribution >= 0.6 is 0 Å². The third kappa shape index (κ3) is 11.3. The summed E-state index contributed by atoms with van der Waals surface area (Å²) in [6, 6.07) is 9.46. The van der Waals surface area contributed by atoms with Crippen LogP contribution in [0.4, 0.5) is 28.4 Å². The molecule has 304 valence electrons. The van der Waals surface area contributed by atoms with Crippen LogP contribution in [0, 0.1) is 0 Å². The molecule has 0 fully saturated rings. The Labute approximate surface area is 317 Å². The van der Waals surface area contributed by atoms with E-state index in [4.69, 9.17) is 14.8 Å². The van der Waals surface area contributed by atoms with Crippen molar-refractivity contribution in [2.45, 2.75) is 19.6 Å². The van der Waals surface area contributed by atoms with Crippen LogP contribution in [0.1, 0.15) is 0 Å². The third-order valence-electron chi connectivity index (χ3n) is 6.96. The number of phenols is 1. The van der Waals surface area contributed by atoms with Gasteiger partial charge in [-0.25, -0.2) is 25.2 Å². The fourth-order valence-corrected chi connectivity index (χ4v) is 8.80. The van der Waals surface area contributed by atoms with Crippen LogP contribution in [0.15, 0.2) is 101 Å². The third-order valence-corrected chi connectivity index (χ3v) is 13.0. The van der Waals surface area contributed by atoms with Crippen molar-refractivity contribution in [3.05, 3.63) is 60.7 Å². The second-order valence-electron chi connectivity index (χ2n) is 10.8. The molecule has 56 heavy (non-hydrogen) atoms. The van der Waals surface area contributed by atoms with Gasteiger partial charge < -0.3 is 10.8 Å². The Balaban J connectivity index is 1.76. The Hall–Kier alpha value is -4.60. The van der Waals surface area contributed by atoms with E-state index in [9.17, 15) is 64.7 Å². The van der Waals surface area contributed by atoms with Gasteiger partial charge >= 0.3 is 20.8 Å². The zero-order valence-corrected chi connectivity index (χ0v) is 32.3. The zero-order chi connectivity index (χ0) is 42.1. The standard InChI is InChI=1S/C26H25N5O19S6/c27-23-22-15(13-20(53(37,38)39)24(23)30-28-16-1-5-18(6-2-16)51(33,34)11-9-49-55(43,44)45)14-21(54(40,41)42)25(26(22)32)31-29-17-3-7-19(8-4-17)52(35,36)12-10-50-56(46,47)48/h1-8,13-14,32H,9-12,27H2,(H,37,38,39)(H,40,41,42)(H,43,44,45)(H,46,47,48)/b30-28+,31-29+. The molecular weight excluding hydrogens is 879 g/mol. The number of nitrogens with zero attached hydrogens (tertiary/aromatic N) is 4. The molecular formula is C26H25N5O19S6. The first kappa shape index (κ1) is 44.1. The Morgan fingerprint density at radius 3 is 1.25 bits per heavy atom. The summed E-state index contributed by atoms with van der Waals surface area (Å²) in [5, 5.41) is 25.0. The first-order valence-electron chi connectivity index (χ1n) is 14.4. The molecule has 0 saturated heterocycles. The minimum atomic E-state index is -5.29. The summed E-state index contributed by atoms with van der Waals surface area (Å²) in [5.74, 6) is -2.85. The van der Waals surface area contributed by atoms with Crippen molar-refractivity contribution in [2.24, 2.45) is 20.5 Å². The second-order valence-corrected chi connectivity index (χ2v) is 20.0. The van der Waals surface area contributed by atoms with Gasteiger partial charge in [-0.05, 0) is 66.0 Å².